The molecule has 0 aromatic carbocycles. The maximum atomic E-state index is 10.2. The molecule has 0 bridgehead atoms. The summed E-state index contributed by atoms with van der Waals surface area (Å²) in [6.07, 6.45) is 8.53. The molecule has 2 heterocycles. The predicted octanol–water partition coefficient (Wildman–Crippen LogP) is 1.69. The maximum Gasteiger partial charge on any atom is 0.0957 e. The quantitative estimate of drug-likeness (QED) is 0.868. The van der Waals surface area contributed by atoms with E-state index in [-0.39, 0.29) is 0 Å². The number of ether oxygens (including phenoxy) is 1. The molecule has 2 aliphatic rings. The van der Waals surface area contributed by atoms with Gasteiger partial charge in [0.2, 0.25) is 0 Å². The van der Waals surface area contributed by atoms with Crippen LogP contribution in [0, 0.1) is 0 Å². The second-order valence-corrected chi connectivity index (χ2v) is 5.43. The van der Waals surface area contributed by atoms with Gasteiger partial charge in [-0.15, -0.1) is 0 Å². The summed E-state index contributed by atoms with van der Waals surface area (Å²) < 4.78 is 7.34. The van der Waals surface area contributed by atoms with Gasteiger partial charge in [0.1, 0.15) is 0 Å². The third-order valence-corrected chi connectivity index (χ3v) is 3.96. The number of hydrogen-bond donors (Lipinski definition) is 1. The van der Waals surface area contributed by atoms with Crippen LogP contribution in [0.25, 0.3) is 0 Å². The number of aliphatic hydroxyl groups is 1. The molecule has 4 nitrogen and oxygen atoms in total. The van der Waals surface area contributed by atoms with Crippen molar-refractivity contribution in [2.75, 3.05) is 13.2 Å². The van der Waals surface area contributed by atoms with Crippen LogP contribution in [-0.4, -0.2) is 33.7 Å². The fourth-order valence-corrected chi connectivity index (χ4v) is 2.92. The van der Waals surface area contributed by atoms with Gasteiger partial charge in [0, 0.05) is 25.6 Å². The van der Waals surface area contributed by atoms with Crippen LogP contribution in [0.5, 0.6) is 0 Å². The highest BCUT2D eigenvalue weighted by Crippen LogP contribution is 2.29. The fourth-order valence-electron chi connectivity index (χ4n) is 2.92. The average Bonchev–Trinajstić information content (AvgIpc) is 2.98. The lowest BCUT2D eigenvalue weighted by atomic mass is 9.97. The molecule has 1 unspecified atom stereocenters. The van der Waals surface area contributed by atoms with E-state index in [2.05, 4.69) is 16.0 Å². The monoisotopic (exact) mass is 236 g/mol. The Labute approximate surface area is 102 Å². The van der Waals surface area contributed by atoms with Gasteiger partial charge in [0.15, 0.2) is 0 Å². The van der Waals surface area contributed by atoms with Crippen LogP contribution in [0.2, 0.25) is 0 Å². The summed E-state index contributed by atoms with van der Waals surface area (Å²) in [5.74, 6) is 0. The first kappa shape index (κ1) is 11.2. The van der Waals surface area contributed by atoms with Crippen LogP contribution in [0.4, 0.5) is 0 Å². The van der Waals surface area contributed by atoms with Gasteiger partial charge in [-0.05, 0) is 18.9 Å². The Kier molecular flexibility index (Phi) is 2.92. The molecule has 1 atom stereocenters. The number of rotatable bonds is 3. The lowest BCUT2D eigenvalue weighted by molar-refractivity contribution is 0.0261. The molecule has 1 aliphatic heterocycles. The first-order chi connectivity index (χ1) is 8.25. The van der Waals surface area contributed by atoms with E-state index in [0.717, 1.165) is 12.1 Å². The molecule has 94 valence electrons. The SMILES string of the molecule is OC1(Cc2ccn(C3CCCC3)n2)CCOC1. The van der Waals surface area contributed by atoms with Gasteiger partial charge in [-0.1, -0.05) is 12.8 Å². The summed E-state index contributed by atoms with van der Waals surface area (Å²) in [6.45, 7) is 1.11. The minimum absolute atomic E-state index is 0.448. The summed E-state index contributed by atoms with van der Waals surface area (Å²) in [7, 11) is 0. The normalized spacial score (nSPS) is 30.2. The van der Waals surface area contributed by atoms with Crippen molar-refractivity contribution in [1.29, 1.82) is 0 Å². The van der Waals surface area contributed by atoms with Crippen LogP contribution in [0.1, 0.15) is 43.8 Å². The molecule has 17 heavy (non-hydrogen) atoms. The number of aromatic nitrogens is 2. The van der Waals surface area contributed by atoms with Gasteiger partial charge in [-0.25, -0.2) is 0 Å². The fraction of sp³-hybridized carbons (Fsp3) is 0.769. The standard InChI is InChI=1S/C13H20N2O2/c16-13(6-8-17-10-13)9-11-5-7-15(14-11)12-3-1-2-4-12/h5,7,12,16H,1-4,6,8-10H2. The highest BCUT2D eigenvalue weighted by atomic mass is 16.5. The lowest BCUT2D eigenvalue weighted by Gasteiger charge is -2.18. The zero-order valence-corrected chi connectivity index (χ0v) is 10.1. The Morgan fingerprint density at radius 2 is 2.29 bits per heavy atom. The van der Waals surface area contributed by atoms with Crippen LogP contribution < -0.4 is 0 Å². The summed E-state index contributed by atoms with van der Waals surface area (Å²) in [5.41, 5.74) is 0.305. The molecular formula is C13H20N2O2. The molecule has 1 aromatic rings. The van der Waals surface area contributed by atoms with Crippen LogP contribution in [-0.2, 0) is 11.2 Å². The molecular weight excluding hydrogens is 216 g/mol. The highest BCUT2D eigenvalue weighted by molar-refractivity contribution is 5.06. The maximum absolute atomic E-state index is 10.2. The molecule has 1 aliphatic carbocycles. The number of hydrogen-bond acceptors (Lipinski definition) is 3. The summed E-state index contributed by atoms with van der Waals surface area (Å²) in [4.78, 5) is 0. The second-order valence-electron chi connectivity index (χ2n) is 5.43. The lowest BCUT2D eigenvalue weighted by Crippen LogP contribution is -2.31. The molecule has 1 aromatic heterocycles. The molecule has 3 rings (SSSR count). The minimum atomic E-state index is -0.686. The average molecular weight is 236 g/mol. The van der Waals surface area contributed by atoms with Gasteiger partial charge >= 0.3 is 0 Å². The van der Waals surface area contributed by atoms with Crippen molar-refractivity contribution in [3.8, 4) is 0 Å². The van der Waals surface area contributed by atoms with Crippen molar-refractivity contribution < 1.29 is 9.84 Å². The highest BCUT2D eigenvalue weighted by Gasteiger charge is 2.33. The predicted molar refractivity (Wildman–Crippen MR) is 63.8 cm³/mol. The topological polar surface area (TPSA) is 47.3 Å². The summed E-state index contributed by atoms with van der Waals surface area (Å²) in [6, 6.07) is 2.62. The Hall–Kier alpha value is -0.870. The van der Waals surface area contributed by atoms with Crippen molar-refractivity contribution in [2.24, 2.45) is 0 Å². The molecule has 2 fully saturated rings. The Balaban J connectivity index is 1.67. The van der Waals surface area contributed by atoms with Crippen LogP contribution >= 0.6 is 0 Å². The molecule has 0 radical (unpaired) electrons. The third kappa shape index (κ3) is 2.38. The van der Waals surface area contributed by atoms with E-state index in [4.69, 9.17) is 4.74 Å². The van der Waals surface area contributed by atoms with E-state index < -0.39 is 5.60 Å². The van der Waals surface area contributed by atoms with E-state index in [1.54, 1.807) is 0 Å². The van der Waals surface area contributed by atoms with Gasteiger partial charge in [-0.3, -0.25) is 4.68 Å². The molecule has 1 N–H and O–H groups in total. The van der Waals surface area contributed by atoms with Gasteiger partial charge in [0.05, 0.1) is 23.9 Å². The van der Waals surface area contributed by atoms with E-state index >= 15 is 0 Å². The number of nitrogens with zero attached hydrogens (tertiary/aromatic N) is 2. The van der Waals surface area contributed by atoms with Crippen molar-refractivity contribution in [3.05, 3.63) is 18.0 Å². The Morgan fingerprint density at radius 3 is 3.00 bits per heavy atom. The van der Waals surface area contributed by atoms with Crippen LogP contribution in [0.15, 0.2) is 12.3 Å². The van der Waals surface area contributed by atoms with E-state index in [1.807, 2.05) is 6.07 Å². The second kappa shape index (κ2) is 4.42. The molecule has 1 saturated heterocycles. The third-order valence-electron chi connectivity index (χ3n) is 3.96. The molecule has 1 saturated carbocycles. The minimum Gasteiger partial charge on any atom is -0.387 e. The Bertz CT molecular complexity index is 377. The van der Waals surface area contributed by atoms with Crippen LogP contribution in [0.3, 0.4) is 0 Å². The summed E-state index contributed by atoms with van der Waals surface area (Å²) in [5, 5.41) is 14.8. The largest absolute Gasteiger partial charge is 0.387 e. The Morgan fingerprint density at radius 1 is 1.47 bits per heavy atom. The first-order valence-electron chi connectivity index (χ1n) is 6.59. The van der Waals surface area contributed by atoms with E-state index in [9.17, 15) is 5.11 Å². The molecule has 0 spiro atoms. The van der Waals surface area contributed by atoms with Gasteiger partial charge < -0.3 is 9.84 Å². The molecule has 0 amide bonds. The van der Waals surface area contributed by atoms with Crippen molar-refractivity contribution in [1.82, 2.24) is 9.78 Å². The summed E-state index contributed by atoms with van der Waals surface area (Å²) >= 11 is 0. The zero-order valence-electron chi connectivity index (χ0n) is 10.1. The van der Waals surface area contributed by atoms with Crippen molar-refractivity contribution >= 4 is 0 Å². The van der Waals surface area contributed by atoms with E-state index in [0.29, 0.717) is 25.7 Å². The van der Waals surface area contributed by atoms with Crippen molar-refractivity contribution in [3.63, 3.8) is 0 Å². The smallest absolute Gasteiger partial charge is 0.0957 e. The van der Waals surface area contributed by atoms with Gasteiger partial charge in [0.25, 0.3) is 0 Å². The first-order valence-corrected chi connectivity index (χ1v) is 6.59. The van der Waals surface area contributed by atoms with E-state index in [1.165, 1.54) is 25.7 Å². The zero-order chi connectivity index (χ0) is 11.7. The molecule has 4 heteroatoms. The van der Waals surface area contributed by atoms with Crippen molar-refractivity contribution in [2.45, 2.75) is 50.2 Å². The van der Waals surface area contributed by atoms with Gasteiger partial charge in [-0.2, -0.15) is 5.10 Å².